The van der Waals surface area contributed by atoms with Crippen LogP contribution in [0.3, 0.4) is 0 Å². The zero-order chi connectivity index (χ0) is 7.28. The van der Waals surface area contributed by atoms with Crippen molar-refractivity contribution in [3.8, 4) is 0 Å². The Morgan fingerprint density at radius 3 is 2.56 bits per heavy atom. The Balaban J connectivity index is 3.26. The molecule has 0 saturated carbocycles. The Morgan fingerprint density at radius 2 is 2.22 bits per heavy atom. The van der Waals surface area contributed by atoms with Crippen LogP contribution in [0.5, 0.6) is 0 Å². The fourth-order valence-electron chi connectivity index (χ4n) is 0.420. The Labute approximate surface area is 56.3 Å². The largest absolute Gasteiger partial charge is 0.349 e. The van der Waals surface area contributed by atoms with E-state index >= 15 is 0 Å². The lowest BCUT2D eigenvalue weighted by molar-refractivity contribution is 0.554. The Bertz CT molecular complexity index is 87.0. The minimum Gasteiger partial charge on any atom is -0.349 e. The molecule has 0 aromatic heterocycles. The van der Waals surface area contributed by atoms with Crippen LogP contribution in [0.4, 0.5) is 0 Å². The van der Waals surface area contributed by atoms with Crippen LogP contribution >= 0.6 is 0 Å². The maximum Gasteiger partial charge on any atom is 0.278 e. The van der Waals surface area contributed by atoms with Crippen molar-refractivity contribution in [2.24, 2.45) is 5.73 Å². The van der Waals surface area contributed by atoms with Crippen molar-refractivity contribution in [3.63, 3.8) is 0 Å². The second-order valence-electron chi connectivity index (χ2n) is 2.22. The van der Waals surface area contributed by atoms with Gasteiger partial charge in [0, 0.05) is 12.1 Å². The van der Waals surface area contributed by atoms with Crippen molar-refractivity contribution in [1.82, 2.24) is 5.23 Å². The summed E-state index contributed by atoms with van der Waals surface area (Å²) in [6.45, 7) is 3.86. The number of rotatable bonds is 4. The predicted molar refractivity (Wildman–Crippen MR) is 40.1 cm³/mol. The predicted octanol–water partition coefficient (Wildman–Crippen LogP) is -1.15. The van der Waals surface area contributed by atoms with E-state index in [0.717, 1.165) is 6.19 Å². The topological polar surface area (TPSA) is 55.1 Å². The minimum atomic E-state index is 0.102. The van der Waals surface area contributed by atoms with E-state index in [1.54, 1.807) is 0 Å². The van der Waals surface area contributed by atoms with E-state index in [2.05, 4.69) is 5.23 Å². The molecule has 0 rings (SSSR count). The molecule has 2 atom stereocenters. The highest BCUT2D eigenvalue weighted by atomic mass is 16.1. The molecule has 3 N–H and O–H groups in total. The van der Waals surface area contributed by atoms with Crippen molar-refractivity contribution in [3.05, 3.63) is 0 Å². The molecule has 0 radical (unpaired) electrons. The van der Waals surface area contributed by atoms with Crippen LogP contribution in [0, 0.1) is 0 Å². The lowest BCUT2D eigenvalue weighted by Crippen LogP contribution is -2.43. The Hall–Kier alpha value is -0.345. The molecule has 0 fully saturated rings. The number of hydrogen-bond acceptors (Lipinski definition) is 3. The van der Waals surface area contributed by atoms with E-state index in [1.165, 1.54) is 0 Å². The van der Waals surface area contributed by atoms with Gasteiger partial charge in [-0.05, 0) is 13.8 Å². The van der Waals surface area contributed by atoms with Gasteiger partial charge in [0.25, 0.3) is 7.41 Å². The summed E-state index contributed by atoms with van der Waals surface area (Å²) in [5.41, 5.74) is 5.50. The summed E-state index contributed by atoms with van der Waals surface area (Å²) in [6, 6.07) is 0.320. The van der Waals surface area contributed by atoms with Gasteiger partial charge in [-0.3, -0.25) is 0 Å². The second-order valence-corrected chi connectivity index (χ2v) is 2.22. The number of carbonyl (C=O) groups excluding carboxylic acids is 1. The van der Waals surface area contributed by atoms with Gasteiger partial charge in [0.2, 0.25) is 0 Å². The van der Waals surface area contributed by atoms with Gasteiger partial charge in [0.15, 0.2) is 0 Å². The van der Waals surface area contributed by atoms with Gasteiger partial charge in [-0.1, -0.05) is 0 Å². The third-order valence-corrected chi connectivity index (χ3v) is 1.31. The first-order chi connectivity index (χ1) is 4.18. The lowest BCUT2D eigenvalue weighted by Gasteiger charge is -2.14. The first-order valence-electron chi connectivity index (χ1n) is 3.11. The molecule has 0 saturated heterocycles. The fourth-order valence-corrected chi connectivity index (χ4v) is 0.420. The summed E-state index contributed by atoms with van der Waals surface area (Å²) in [7, 11) is 0.392. The quantitative estimate of drug-likeness (QED) is 0.371. The van der Waals surface area contributed by atoms with E-state index < -0.39 is 0 Å². The highest BCUT2D eigenvalue weighted by molar-refractivity contribution is 6.64. The number of nitrogens with one attached hydrogen (secondary N) is 1. The molecule has 0 aliphatic carbocycles. The average molecular weight is 128 g/mol. The lowest BCUT2D eigenvalue weighted by atomic mass is 9.95. The molecule has 52 valence electrons. The zero-order valence-corrected chi connectivity index (χ0v) is 5.92. The molecule has 3 nitrogen and oxygen atoms in total. The molecule has 0 heterocycles. The molecule has 0 aliphatic rings. The Kier molecular flexibility index (Phi) is 4.35. The highest BCUT2D eigenvalue weighted by Gasteiger charge is 2.04. The fraction of sp³-hybridized carbons (Fsp3) is 0.800. The van der Waals surface area contributed by atoms with Gasteiger partial charge in [-0.2, -0.15) is 0 Å². The third kappa shape index (κ3) is 4.18. The summed E-state index contributed by atoms with van der Waals surface area (Å²) in [5, 5.41) is 2.94. The van der Waals surface area contributed by atoms with E-state index in [1.807, 2.05) is 13.8 Å². The summed E-state index contributed by atoms with van der Waals surface area (Å²) in [4.78, 5) is 9.83. The molecular formula is C5H13BN2O. The summed E-state index contributed by atoms with van der Waals surface area (Å²) in [5.74, 6) is 0. The Morgan fingerprint density at radius 1 is 1.67 bits per heavy atom. The third-order valence-electron chi connectivity index (χ3n) is 1.31. The summed E-state index contributed by atoms with van der Waals surface area (Å²) >= 11 is 0. The van der Waals surface area contributed by atoms with Crippen LogP contribution in [0.15, 0.2) is 0 Å². The van der Waals surface area contributed by atoms with Crippen LogP contribution in [0.1, 0.15) is 13.8 Å². The van der Waals surface area contributed by atoms with E-state index in [9.17, 15) is 4.79 Å². The van der Waals surface area contributed by atoms with Crippen LogP contribution in [-0.4, -0.2) is 25.7 Å². The van der Waals surface area contributed by atoms with Gasteiger partial charge >= 0.3 is 0 Å². The van der Waals surface area contributed by atoms with Gasteiger partial charge in [0.1, 0.15) is 0 Å². The first-order valence-corrected chi connectivity index (χ1v) is 3.11. The molecule has 0 aliphatic heterocycles. The van der Waals surface area contributed by atoms with E-state index in [0.29, 0.717) is 7.41 Å². The monoisotopic (exact) mass is 128 g/mol. The maximum absolute atomic E-state index is 9.83. The van der Waals surface area contributed by atoms with Crippen molar-refractivity contribution >= 4 is 13.6 Å². The molecule has 9 heavy (non-hydrogen) atoms. The molecule has 0 bridgehead atoms. The molecule has 0 spiro atoms. The smallest absolute Gasteiger partial charge is 0.278 e. The molecule has 0 amide bonds. The standard InChI is InChI=1S/C5H13BN2O/c1-4(7)5(2)8-6-3-9/h3-6,8H,7H2,1-2H3. The number of carbonyl (C=O) groups is 1. The second kappa shape index (κ2) is 4.53. The van der Waals surface area contributed by atoms with Gasteiger partial charge in [-0.15, -0.1) is 0 Å². The first kappa shape index (κ1) is 8.65. The van der Waals surface area contributed by atoms with Crippen LogP contribution in [0.2, 0.25) is 0 Å². The summed E-state index contributed by atoms with van der Waals surface area (Å²) < 4.78 is 0. The molecule has 0 aromatic rings. The SMILES string of the molecule is CC(N)C(C)NBC=O. The molecule has 4 heteroatoms. The van der Waals surface area contributed by atoms with Crippen molar-refractivity contribution in [1.29, 1.82) is 0 Å². The van der Waals surface area contributed by atoms with Gasteiger partial charge in [-0.25, -0.2) is 0 Å². The van der Waals surface area contributed by atoms with Crippen LogP contribution < -0.4 is 11.0 Å². The maximum atomic E-state index is 9.83. The van der Waals surface area contributed by atoms with E-state index in [-0.39, 0.29) is 12.1 Å². The number of nitrogens with two attached hydrogens (primary N) is 1. The van der Waals surface area contributed by atoms with Crippen molar-refractivity contribution in [2.45, 2.75) is 25.9 Å². The van der Waals surface area contributed by atoms with Crippen LogP contribution in [-0.2, 0) is 4.79 Å². The molecular weight excluding hydrogens is 115 g/mol. The normalized spacial score (nSPS) is 16.3. The average Bonchev–Trinajstić information content (AvgIpc) is 1.82. The van der Waals surface area contributed by atoms with E-state index in [4.69, 9.17) is 5.73 Å². The van der Waals surface area contributed by atoms with Crippen LogP contribution in [0.25, 0.3) is 0 Å². The minimum absolute atomic E-state index is 0.102. The van der Waals surface area contributed by atoms with Gasteiger partial charge in [0.05, 0.1) is 6.19 Å². The van der Waals surface area contributed by atoms with Crippen molar-refractivity contribution < 1.29 is 4.79 Å². The van der Waals surface area contributed by atoms with Crippen molar-refractivity contribution in [2.75, 3.05) is 0 Å². The molecule has 2 unspecified atom stereocenters. The molecule has 0 aromatic carbocycles. The highest BCUT2D eigenvalue weighted by Crippen LogP contribution is 1.83. The van der Waals surface area contributed by atoms with Gasteiger partial charge < -0.3 is 15.8 Å². The summed E-state index contributed by atoms with van der Waals surface area (Å²) in [6.07, 6.45) is 0.832. The zero-order valence-electron chi connectivity index (χ0n) is 5.92. The number of hydrogen-bond donors (Lipinski definition) is 2.